The van der Waals surface area contributed by atoms with E-state index in [1.54, 1.807) is 50.9 Å². The average molecular weight is 548 g/mol. The number of anilines is 1. The highest BCUT2D eigenvalue weighted by atomic mass is 16.6. The molecule has 1 aliphatic rings. The third-order valence-corrected chi connectivity index (χ3v) is 6.80. The van der Waals surface area contributed by atoms with Crippen molar-refractivity contribution >= 4 is 23.3 Å². The van der Waals surface area contributed by atoms with Crippen LogP contribution < -0.4 is 15.0 Å². The number of carbonyl (C=O) groups excluding carboxylic acids is 2. The van der Waals surface area contributed by atoms with Crippen LogP contribution in [0, 0.1) is 11.3 Å². The number of fused-ring (bicyclic) bond motifs is 1. The number of ether oxygens (including phenoxy) is 2. The first-order valence-corrected chi connectivity index (χ1v) is 13.4. The van der Waals surface area contributed by atoms with Crippen molar-refractivity contribution in [3.8, 4) is 22.9 Å². The van der Waals surface area contributed by atoms with Crippen LogP contribution in [0.3, 0.4) is 0 Å². The molecule has 4 rings (SSSR count). The second-order valence-electron chi connectivity index (χ2n) is 11.3. The second-order valence-corrected chi connectivity index (χ2v) is 11.3. The van der Waals surface area contributed by atoms with E-state index in [4.69, 9.17) is 14.5 Å². The Bertz CT molecular complexity index is 1410. The normalized spacial score (nSPS) is 14.9. The largest absolute Gasteiger partial charge is 0.492 e. The molecular weight excluding hydrogens is 510 g/mol. The van der Waals surface area contributed by atoms with Crippen LogP contribution in [0.5, 0.6) is 5.75 Å². The zero-order chi connectivity index (χ0) is 29.1. The Hall–Kier alpha value is -4.33. The van der Waals surface area contributed by atoms with E-state index in [1.807, 2.05) is 32.0 Å². The molecule has 40 heavy (non-hydrogen) atoms. The number of piperidine rings is 1. The van der Waals surface area contributed by atoms with Gasteiger partial charge in [0.2, 0.25) is 5.91 Å². The number of nitrogens with one attached hydrogen (secondary N) is 1. The topological polar surface area (TPSA) is 125 Å². The van der Waals surface area contributed by atoms with E-state index < -0.39 is 11.7 Å². The Morgan fingerprint density at radius 1 is 1.23 bits per heavy atom. The SMILES string of the molecule is CCOc1cc(-c2ccc(N3CCC(C)(NC(=O)CN(C)C(=O)OC(C)(C)C)CC3)nc2)c2c(C#N)cnn2c1. The first kappa shape index (κ1) is 28.7. The summed E-state index contributed by atoms with van der Waals surface area (Å²) >= 11 is 0. The molecule has 2 amide bonds. The van der Waals surface area contributed by atoms with Crippen molar-refractivity contribution in [3.63, 3.8) is 0 Å². The number of hydrogen-bond donors (Lipinski definition) is 1. The van der Waals surface area contributed by atoms with Crippen molar-refractivity contribution in [2.45, 2.75) is 58.6 Å². The van der Waals surface area contributed by atoms with Crippen LogP contribution in [0.25, 0.3) is 16.6 Å². The Balaban J connectivity index is 1.40. The van der Waals surface area contributed by atoms with Gasteiger partial charge in [-0.3, -0.25) is 4.79 Å². The molecular formula is C29H37N7O4. The zero-order valence-electron chi connectivity index (χ0n) is 24.0. The molecule has 0 spiro atoms. The van der Waals surface area contributed by atoms with Crippen molar-refractivity contribution in [1.82, 2.24) is 24.8 Å². The highest BCUT2D eigenvalue weighted by Gasteiger charge is 2.33. The molecule has 0 aliphatic carbocycles. The molecule has 1 fully saturated rings. The van der Waals surface area contributed by atoms with Gasteiger partial charge in [-0.2, -0.15) is 10.4 Å². The summed E-state index contributed by atoms with van der Waals surface area (Å²) in [6, 6.07) is 8.08. The number of pyridine rings is 2. The van der Waals surface area contributed by atoms with Gasteiger partial charge in [0.1, 0.15) is 29.8 Å². The van der Waals surface area contributed by atoms with E-state index in [0.717, 1.165) is 42.9 Å². The Morgan fingerprint density at radius 3 is 2.55 bits per heavy atom. The van der Waals surface area contributed by atoms with E-state index in [9.17, 15) is 14.9 Å². The van der Waals surface area contributed by atoms with Crippen molar-refractivity contribution in [3.05, 3.63) is 42.4 Å². The van der Waals surface area contributed by atoms with E-state index in [0.29, 0.717) is 23.4 Å². The average Bonchev–Trinajstić information content (AvgIpc) is 3.31. The van der Waals surface area contributed by atoms with Gasteiger partial charge in [0.25, 0.3) is 0 Å². The first-order valence-electron chi connectivity index (χ1n) is 13.4. The molecule has 11 nitrogen and oxygen atoms in total. The molecule has 0 radical (unpaired) electrons. The van der Waals surface area contributed by atoms with Crippen LogP contribution in [-0.4, -0.2) is 75.9 Å². The highest BCUT2D eigenvalue weighted by molar-refractivity contribution is 5.85. The zero-order valence-corrected chi connectivity index (χ0v) is 24.0. The summed E-state index contributed by atoms with van der Waals surface area (Å²) in [6.07, 6.45) is 6.06. The summed E-state index contributed by atoms with van der Waals surface area (Å²) in [5, 5.41) is 17.0. The molecule has 0 unspecified atom stereocenters. The molecule has 1 N–H and O–H groups in total. The predicted octanol–water partition coefficient (Wildman–Crippen LogP) is 4.01. The van der Waals surface area contributed by atoms with Crippen molar-refractivity contribution in [2.75, 3.05) is 38.2 Å². The molecule has 0 bridgehead atoms. The summed E-state index contributed by atoms with van der Waals surface area (Å²) < 4.78 is 12.7. The molecule has 1 aliphatic heterocycles. The summed E-state index contributed by atoms with van der Waals surface area (Å²) in [4.78, 5) is 33.1. The quantitative estimate of drug-likeness (QED) is 0.470. The van der Waals surface area contributed by atoms with Gasteiger partial charge in [-0.1, -0.05) is 0 Å². The maximum absolute atomic E-state index is 12.7. The fourth-order valence-corrected chi connectivity index (χ4v) is 4.73. The third kappa shape index (κ3) is 6.62. The minimum atomic E-state index is -0.619. The maximum atomic E-state index is 12.7. The smallest absolute Gasteiger partial charge is 0.410 e. The standard InChI is InChI=1S/C29H37N7O4/c1-7-39-22-14-23(26-21(15-30)17-32-36(26)18-22)20-8-9-24(31-16-20)35-12-10-29(5,11-13-35)33-25(37)19-34(6)27(38)40-28(2,3)4/h8-9,14,16-18H,7,10-13,19H2,1-6H3,(H,33,37). The number of rotatable bonds is 7. The van der Waals surface area contributed by atoms with Crippen molar-refractivity contribution < 1.29 is 19.1 Å². The lowest BCUT2D eigenvalue weighted by molar-refractivity contribution is -0.124. The van der Waals surface area contributed by atoms with Crippen LogP contribution in [0.15, 0.2) is 36.8 Å². The minimum absolute atomic E-state index is 0.0697. The summed E-state index contributed by atoms with van der Waals surface area (Å²) in [7, 11) is 1.56. The van der Waals surface area contributed by atoms with Gasteiger partial charge < -0.3 is 24.6 Å². The molecule has 3 aromatic heterocycles. The van der Waals surface area contributed by atoms with E-state index in [1.165, 1.54) is 4.90 Å². The molecule has 1 saturated heterocycles. The van der Waals surface area contributed by atoms with Crippen LogP contribution in [0.4, 0.5) is 10.6 Å². The van der Waals surface area contributed by atoms with Gasteiger partial charge in [-0.15, -0.1) is 0 Å². The number of carbonyl (C=O) groups is 2. The fraction of sp³-hybridized carbons (Fsp3) is 0.483. The summed E-state index contributed by atoms with van der Waals surface area (Å²) in [6.45, 7) is 11.2. The molecule has 3 aromatic rings. The first-order chi connectivity index (χ1) is 18.9. The van der Waals surface area contributed by atoms with E-state index in [2.05, 4.69) is 21.4 Å². The van der Waals surface area contributed by atoms with Gasteiger partial charge in [-0.25, -0.2) is 14.3 Å². The van der Waals surface area contributed by atoms with Gasteiger partial charge in [0.15, 0.2) is 0 Å². The van der Waals surface area contributed by atoms with E-state index in [-0.39, 0.29) is 18.0 Å². The number of hydrogen-bond acceptors (Lipinski definition) is 8. The molecule has 0 atom stereocenters. The summed E-state index contributed by atoms with van der Waals surface area (Å²) in [5.74, 6) is 1.29. The number of amides is 2. The lowest BCUT2D eigenvalue weighted by Gasteiger charge is -2.40. The van der Waals surface area contributed by atoms with E-state index >= 15 is 0 Å². The lowest BCUT2D eigenvalue weighted by Crippen LogP contribution is -2.55. The van der Waals surface area contributed by atoms with Crippen LogP contribution >= 0.6 is 0 Å². The minimum Gasteiger partial charge on any atom is -0.492 e. The van der Waals surface area contributed by atoms with Gasteiger partial charge in [0, 0.05) is 43.0 Å². The third-order valence-electron chi connectivity index (χ3n) is 6.80. The molecule has 0 aromatic carbocycles. The van der Waals surface area contributed by atoms with Gasteiger partial charge in [-0.05, 0) is 65.7 Å². The lowest BCUT2D eigenvalue weighted by atomic mass is 9.89. The second kappa shape index (κ2) is 11.4. The summed E-state index contributed by atoms with van der Waals surface area (Å²) in [5.41, 5.74) is 1.87. The molecule has 4 heterocycles. The van der Waals surface area contributed by atoms with Crippen LogP contribution in [-0.2, 0) is 9.53 Å². The number of nitrogens with zero attached hydrogens (tertiary/aromatic N) is 6. The van der Waals surface area contributed by atoms with Crippen molar-refractivity contribution in [2.24, 2.45) is 0 Å². The number of nitriles is 1. The molecule has 212 valence electrons. The van der Waals surface area contributed by atoms with Crippen LogP contribution in [0.2, 0.25) is 0 Å². The molecule has 11 heteroatoms. The Morgan fingerprint density at radius 2 is 1.95 bits per heavy atom. The molecule has 0 saturated carbocycles. The monoisotopic (exact) mass is 547 g/mol. The van der Waals surface area contributed by atoms with Crippen molar-refractivity contribution in [1.29, 1.82) is 5.26 Å². The van der Waals surface area contributed by atoms with Gasteiger partial charge in [0.05, 0.1) is 30.1 Å². The predicted molar refractivity (Wildman–Crippen MR) is 151 cm³/mol. The highest BCUT2D eigenvalue weighted by Crippen LogP contribution is 2.32. The van der Waals surface area contributed by atoms with Crippen LogP contribution in [0.1, 0.15) is 53.0 Å². The Kier molecular flexibility index (Phi) is 8.18. The number of aromatic nitrogens is 3. The number of likely N-dealkylation sites (N-methyl/N-ethyl adjacent to an activating group) is 1. The van der Waals surface area contributed by atoms with Gasteiger partial charge >= 0.3 is 6.09 Å². The fourth-order valence-electron chi connectivity index (χ4n) is 4.73. The maximum Gasteiger partial charge on any atom is 0.410 e. The Labute approximate surface area is 234 Å².